The number of carbonyl (C=O) groups excluding carboxylic acids is 2. The smallest absolute Gasteiger partial charge is 0.262 e. The third kappa shape index (κ3) is 6.23. The molecule has 1 aromatic heterocycles. The highest BCUT2D eigenvalue weighted by atomic mass is 35.5. The molecule has 0 aliphatic carbocycles. The lowest BCUT2D eigenvalue weighted by Crippen LogP contribution is -2.35. The predicted molar refractivity (Wildman–Crippen MR) is 129 cm³/mol. The standard InChI is InChI=1S/C25H25ClN4O3/c26-20-9-7-19(8-10-20)25(32)30-14-4-13-29(15-16-30)23-12-11-21(17-27-23)28-24(31)18-33-22-5-2-1-3-6-22/h1-3,5-12,17H,4,13-16,18H2,(H,28,31). The predicted octanol–water partition coefficient (Wildman–Crippen LogP) is 4.11. The fraction of sp³-hybridized carbons (Fsp3) is 0.240. The molecule has 1 aliphatic heterocycles. The van der Waals surface area contributed by atoms with Crippen molar-refractivity contribution >= 4 is 34.9 Å². The van der Waals surface area contributed by atoms with Gasteiger partial charge in [0.2, 0.25) is 0 Å². The Labute approximate surface area is 197 Å². The van der Waals surface area contributed by atoms with Crippen LogP contribution in [0.25, 0.3) is 0 Å². The number of pyridine rings is 1. The Kier molecular flexibility index (Phi) is 7.42. The first-order valence-electron chi connectivity index (χ1n) is 10.8. The highest BCUT2D eigenvalue weighted by molar-refractivity contribution is 6.30. The van der Waals surface area contributed by atoms with Crippen LogP contribution in [0.1, 0.15) is 16.8 Å². The molecule has 0 saturated carbocycles. The zero-order valence-electron chi connectivity index (χ0n) is 18.1. The van der Waals surface area contributed by atoms with Crippen LogP contribution in [0.15, 0.2) is 72.9 Å². The summed E-state index contributed by atoms with van der Waals surface area (Å²) < 4.78 is 5.46. The number of nitrogens with one attached hydrogen (secondary N) is 1. The summed E-state index contributed by atoms with van der Waals surface area (Å²) in [6, 6.07) is 19.9. The van der Waals surface area contributed by atoms with Crippen molar-refractivity contribution < 1.29 is 14.3 Å². The molecule has 33 heavy (non-hydrogen) atoms. The molecule has 0 spiro atoms. The molecule has 2 aromatic carbocycles. The summed E-state index contributed by atoms with van der Waals surface area (Å²) in [5.41, 5.74) is 1.25. The van der Waals surface area contributed by atoms with E-state index in [-0.39, 0.29) is 18.4 Å². The Morgan fingerprint density at radius 1 is 0.939 bits per heavy atom. The minimum atomic E-state index is -0.250. The van der Waals surface area contributed by atoms with Crippen LogP contribution in [-0.4, -0.2) is 54.5 Å². The molecule has 1 N–H and O–H groups in total. The zero-order valence-corrected chi connectivity index (χ0v) is 18.9. The van der Waals surface area contributed by atoms with Crippen LogP contribution in [-0.2, 0) is 4.79 Å². The largest absolute Gasteiger partial charge is 0.484 e. The van der Waals surface area contributed by atoms with Gasteiger partial charge >= 0.3 is 0 Å². The molecular formula is C25H25ClN4O3. The van der Waals surface area contributed by atoms with Gasteiger partial charge in [-0.1, -0.05) is 29.8 Å². The van der Waals surface area contributed by atoms with Crippen LogP contribution in [0.2, 0.25) is 5.02 Å². The number of nitrogens with zero attached hydrogens (tertiary/aromatic N) is 3. The topological polar surface area (TPSA) is 74.8 Å². The molecule has 2 amide bonds. The number of benzene rings is 2. The quantitative estimate of drug-likeness (QED) is 0.594. The first kappa shape index (κ1) is 22.6. The highest BCUT2D eigenvalue weighted by Crippen LogP contribution is 2.18. The average molecular weight is 465 g/mol. The maximum Gasteiger partial charge on any atom is 0.262 e. The molecule has 1 aliphatic rings. The monoisotopic (exact) mass is 464 g/mol. The highest BCUT2D eigenvalue weighted by Gasteiger charge is 2.21. The van der Waals surface area contributed by atoms with E-state index in [1.807, 2.05) is 35.2 Å². The van der Waals surface area contributed by atoms with Gasteiger partial charge in [-0.3, -0.25) is 9.59 Å². The molecule has 3 aromatic rings. The van der Waals surface area contributed by atoms with E-state index in [2.05, 4.69) is 15.2 Å². The van der Waals surface area contributed by atoms with Crippen LogP contribution < -0.4 is 15.0 Å². The number of amides is 2. The average Bonchev–Trinajstić information content (AvgIpc) is 3.10. The third-order valence-corrected chi connectivity index (χ3v) is 5.60. The van der Waals surface area contributed by atoms with Crippen LogP contribution >= 0.6 is 11.6 Å². The van der Waals surface area contributed by atoms with Gasteiger partial charge in [-0.2, -0.15) is 0 Å². The number of hydrogen-bond acceptors (Lipinski definition) is 5. The van der Waals surface area contributed by atoms with E-state index in [1.165, 1.54) is 0 Å². The molecule has 0 bridgehead atoms. The molecule has 8 heteroatoms. The summed E-state index contributed by atoms with van der Waals surface area (Å²) in [7, 11) is 0. The number of aromatic nitrogens is 1. The van der Waals surface area contributed by atoms with Gasteiger partial charge in [0, 0.05) is 36.8 Å². The molecule has 1 saturated heterocycles. The molecule has 0 radical (unpaired) electrons. The van der Waals surface area contributed by atoms with Crippen LogP contribution in [0.3, 0.4) is 0 Å². The second-order valence-corrected chi connectivity index (χ2v) is 8.13. The second kappa shape index (κ2) is 10.8. The fourth-order valence-electron chi connectivity index (χ4n) is 3.63. The van der Waals surface area contributed by atoms with Crippen molar-refractivity contribution in [2.24, 2.45) is 0 Å². The van der Waals surface area contributed by atoms with Crippen molar-refractivity contribution in [3.63, 3.8) is 0 Å². The van der Waals surface area contributed by atoms with E-state index in [4.69, 9.17) is 16.3 Å². The summed E-state index contributed by atoms with van der Waals surface area (Å²) in [5, 5.41) is 3.41. The Balaban J connectivity index is 1.29. The van der Waals surface area contributed by atoms with Crippen LogP contribution in [0.5, 0.6) is 5.75 Å². The maximum atomic E-state index is 12.8. The van der Waals surface area contributed by atoms with Crippen molar-refractivity contribution in [1.29, 1.82) is 0 Å². The van der Waals surface area contributed by atoms with E-state index in [9.17, 15) is 9.59 Å². The Bertz CT molecular complexity index is 1080. The van der Waals surface area contributed by atoms with Crippen molar-refractivity contribution in [2.45, 2.75) is 6.42 Å². The van der Waals surface area contributed by atoms with Gasteiger partial charge in [0.25, 0.3) is 11.8 Å². The molecule has 1 fully saturated rings. The van der Waals surface area contributed by atoms with Gasteiger partial charge in [-0.05, 0) is 55.0 Å². The third-order valence-electron chi connectivity index (χ3n) is 5.34. The molecule has 0 atom stereocenters. The summed E-state index contributed by atoms with van der Waals surface area (Å²) >= 11 is 5.93. The zero-order chi connectivity index (χ0) is 23.0. The van der Waals surface area contributed by atoms with E-state index in [0.29, 0.717) is 41.7 Å². The minimum absolute atomic E-state index is 0.0113. The molecule has 7 nitrogen and oxygen atoms in total. The number of anilines is 2. The molecule has 170 valence electrons. The van der Waals surface area contributed by atoms with E-state index < -0.39 is 0 Å². The van der Waals surface area contributed by atoms with Gasteiger partial charge in [-0.25, -0.2) is 4.98 Å². The molecule has 0 unspecified atom stereocenters. The Morgan fingerprint density at radius 2 is 1.73 bits per heavy atom. The van der Waals surface area contributed by atoms with E-state index in [0.717, 1.165) is 18.8 Å². The molecule has 4 rings (SSSR count). The van der Waals surface area contributed by atoms with Gasteiger partial charge < -0.3 is 19.9 Å². The van der Waals surface area contributed by atoms with Crippen molar-refractivity contribution in [3.05, 3.63) is 83.5 Å². The SMILES string of the molecule is O=C(COc1ccccc1)Nc1ccc(N2CCCN(C(=O)c3ccc(Cl)cc3)CC2)nc1. The normalized spacial score (nSPS) is 13.8. The summed E-state index contributed by atoms with van der Waals surface area (Å²) in [6.45, 7) is 2.71. The molecule has 2 heterocycles. The van der Waals surface area contributed by atoms with E-state index >= 15 is 0 Å². The summed E-state index contributed by atoms with van der Waals surface area (Å²) in [5.74, 6) is 1.22. The van der Waals surface area contributed by atoms with Crippen molar-refractivity contribution in [2.75, 3.05) is 43.0 Å². The number of ether oxygens (including phenoxy) is 1. The lowest BCUT2D eigenvalue weighted by Gasteiger charge is -2.23. The van der Waals surface area contributed by atoms with Gasteiger partial charge in [0.15, 0.2) is 6.61 Å². The van der Waals surface area contributed by atoms with Crippen LogP contribution in [0, 0.1) is 0 Å². The molecular weight excluding hydrogens is 440 g/mol. The number of hydrogen-bond donors (Lipinski definition) is 1. The minimum Gasteiger partial charge on any atom is -0.484 e. The lowest BCUT2D eigenvalue weighted by atomic mass is 10.2. The summed E-state index contributed by atoms with van der Waals surface area (Å²) in [6.07, 6.45) is 2.48. The lowest BCUT2D eigenvalue weighted by molar-refractivity contribution is -0.118. The Hall–Kier alpha value is -3.58. The second-order valence-electron chi connectivity index (χ2n) is 7.69. The van der Waals surface area contributed by atoms with Crippen molar-refractivity contribution in [1.82, 2.24) is 9.88 Å². The maximum absolute atomic E-state index is 12.8. The van der Waals surface area contributed by atoms with Gasteiger partial charge in [-0.15, -0.1) is 0 Å². The van der Waals surface area contributed by atoms with Crippen molar-refractivity contribution in [3.8, 4) is 5.75 Å². The van der Waals surface area contributed by atoms with E-state index in [1.54, 1.807) is 42.6 Å². The Morgan fingerprint density at radius 3 is 2.45 bits per heavy atom. The summed E-state index contributed by atoms with van der Waals surface area (Å²) in [4.78, 5) is 33.5. The number of carbonyl (C=O) groups is 2. The van der Waals surface area contributed by atoms with Gasteiger partial charge in [0.05, 0.1) is 11.9 Å². The first-order valence-corrected chi connectivity index (χ1v) is 11.2. The number of halogens is 1. The number of rotatable bonds is 6. The fourth-order valence-corrected chi connectivity index (χ4v) is 3.76. The van der Waals surface area contributed by atoms with Gasteiger partial charge in [0.1, 0.15) is 11.6 Å². The number of para-hydroxylation sites is 1. The first-order chi connectivity index (χ1) is 16.1. The van der Waals surface area contributed by atoms with Crippen LogP contribution in [0.4, 0.5) is 11.5 Å².